The van der Waals surface area contributed by atoms with E-state index in [0.717, 1.165) is 6.29 Å². The predicted octanol–water partition coefficient (Wildman–Crippen LogP) is 2.55. The fourth-order valence-electron chi connectivity index (χ4n) is 2.30. The van der Waals surface area contributed by atoms with Gasteiger partial charge < -0.3 is 49.2 Å². The molecule has 0 aromatic heterocycles. The first-order valence-electron chi connectivity index (χ1n) is 11.2. The van der Waals surface area contributed by atoms with Gasteiger partial charge in [0.15, 0.2) is 0 Å². The zero-order valence-electron chi connectivity index (χ0n) is 20.1. The van der Waals surface area contributed by atoms with Gasteiger partial charge >= 0.3 is 12.2 Å². The van der Waals surface area contributed by atoms with Crippen molar-refractivity contribution >= 4 is 24.4 Å². The van der Waals surface area contributed by atoms with E-state index in [1.807, 2.05) is 0 Å². The molecule has 230 valence electrons. The van der Waals surface area contributed by atoms with Gasteiger partial charge in [0.05, 0.1) is 19.8 Å². The van der Waals surface area contributed by atoms with Crippen molar-refractivity contribution < 1.29 is 47.6 Å². The van der Waals surface area contributed by atoms with E-state index in [2.05, 4.69) is 16.0 Å². The first kappa shape index (κ1) is 45.4. The van der Waals surface area contributed by atoms with Crippen molar-refractivity contribution in [3.8, 4) is 0 Å². The topological polar surface area (TPSA) is 160 Å². The number of alkyl carbamates (subject to hydrolysis) is 2. The normalized spacial score (nSPS) is 9.45. The molecule has 0 saturated heterocycles. The molecule has 0 rings (SSSR count). The van der Waals surface area contributed by atoms with Gasteiger partial charge in [-0.15, -0.1) is 0 Å². The molecule has 0 atom stereocenters. The number of nitrogens with one attached hydrogen (secondary N) is 3. The maximum absolute atomic E-state index is 11.9. The van der Waals surface area contributed by atoms with Gasteiger partial charge in [0.25, 0.3) is 0 Å². The van der Waals surface area contributed by atoms with Crippen LogP contribution in [0, 0.1) is 0 Å². The molecular formula is C25H55N3O10. The molecule has 0 aromatic rings. The molecule has 38 heavy (non-hydrogen) atoms. The highest BCUT2D eigenvalue weighted by Gasteiger charge is 2.16. The minimum absolute atomic E-state index is 0. The molecule has 3 amide bonds. The number of hydrogen-bond donors (Lipinski definition) is 3. The summed E-state index contributed by atoms with van der Waals surface area (Å²) in [5.41, 5.74) is 0. The van der Waals surface area contributed by atoms with Crippen LogP contribution in [0.4, 0.5) is 9.59 Å². The monoisotopic (exact) mass is 557 g/mol. The molecule has 0 aliphatic rings. The maximum Gasteiger partial charge on any atom is 0.407 e. The Kier molecular flexibility index (Phi) is 41.3. The summed E-state index contributed by atoms with van der Waals surface area (Å²) in [7, 11) is 3.02. The Morgan fingerprint density at radius 1 is 0.711 bits per heavy atom. The lowest BCUT2D eigenvalue weighted by molar-refractivity contribution is -0.121. The third-order valence-electron chi connectivity index (χ3n) is 4.03. The van der Waals surface area contributed by atoms with E-state index >= 15 is 0 Å². The van der Waals surface area contributed by atoms with E-state index in [4.69, 9.17) is 28.4 Å². The molecule has 0 fully saturated rings. The van der Waals surface area contributed by atoms with Crippen LogP contribution in [0.3, 0.4) is 0 Å². The summed E-state index contributed by atoms with van der Waals surface area (Å²) < 4.78 is 30.8. The van der Waals surface area contributed by atoms with Gasteiger partial charge in [-0.1, -0.05) is 29.7 Å². The Morgan fingerprint density at radius 2 is 1.24 bits per heavy atom. The Morgan fingerprint density at radius 3 is 1.74 bits per heavy atom. The molecule has 0 saturated carbocycles. The minimum atomic E-state index is -0.704. The van der Waals surface area contributed by atoms with Crippen LogP contribution in [0.25, 0.3) is 0 Å². The van der Waals surface area contributed by atoms with E-state index in [9.17, 15) is 19.2 Å². The number of aldehydes is 1. The zero-order valence-corrected chi connectivity index (χ0v) is 20.1. The number of unbranched alkanes of at least 4 members (excludes halogenated alkanes) is 1. The molecule has 0 aromatic carbocycles. The first-order valence-corrected chi connectivity index (χ1v) is 11.2. The highest BCUT2D eigenvalue weighted by Crippen LogP contribution is 2.00. The second-order valence-corrected chi connectivity index (χ2v) is 6.90. The van der Waals surface area contributed by atoms with Crippen LogP contribution in [-0.4, -0.2) is 111 Å². The Bertz CT molecular complexity index is 527. The van der Waals surface area contributed by atoms with E-state index in [1.165, 1.54) is 14.2 Å². The van der Waals surface area contributed by atoms with Crippen molar-refractivity contribution in [2.45, 2.75) is 61.5 Å². The smallest absolute Gasteiger partial charge is 0.407 e. The highest BCUT2D eigenvalue weighted by molar-refractivity contribution is 5.75. The summed E-state index contributed by atoms with van der Waals surface area (Å²) in [6, 6.07) is 0. The van der Waals surface area contributed by atoms with E-state index < -0.39 is 18.3 Å². The lowest BCUT2D eigenvalue weighted by atomic mass is 10.3. The average molecular weight is 558 g/mol. The van der Waals surface area contributed by atoms with Gasteiger partial charge in [0, 0.05) is 59.9 Å². The number of hydrogen-bond acceptors (Lipinski definition) is 10. The quantitative estimate of drug-likeness (QED) is 0.133. The average Bonchev–Trinajstić information content (AvgIpc) is 2.82. The molecule has 0 aliphatic carbocycles. The number of rotatable bonds is 22. The molecular weight excluding hydrogens is 502 g/mol. The zero-order chi connectivity index (χ0) is 25.3. The van der Waals surface area contributed by atoms with Crippen molar-refractivity contribution in [3.05, 3.63) is 0 Å². The van der Waals surface area contributed by atoms with Crippen molar-refractivity contribution in [3.63, 3.8) is 0 Å². The summed E-state index contributed by atoms with van der Waals surface area (Å²) in [4.78, 5) is 45.5. The summed E-state index contributed by atoms with van der Waals surface area (Å²) >= 11 is 0. The second kappa shape index (κ2) is 34.5. The largest absolute Gasteiger partial charge is 0.447 e. The molecule has 13 nitrogen and oxygen atoms in total. The minimum Gasteiger partial charge on any atom is -0.447 e. The number of amides is 3. The summed E-state index contributed by atoms with van der Waals surface area (Å²) in [5, 5.41) is 7.73. The molecule has 0 spiro atoms. The third kappa shape index (κ3) is 31.5. The second-order valence-electron chi connectivity index (χ2n) is 6.90. The van der Waals surface area contributed by atoms with Crippen LogP contribution in [0.1, 0.15) is 55.4 Å². The van der Waals surface area contributed by atoms with Gasteiger partial charge in [0.2, 0.25) is 5.91 Å². The number of methoxy groups -OCH3 is 2. The van der Waals surface area contributed by atoms with Crippen LogP contribution < -0.4 is 16.0 Å². The molecule has 0 radical (unpaired) electrons. The fourth-order valence-corrected chi connectivity index (χ4v) is 2.30. The lowest BCUT2D eigenvalue weighted by Crippen LogP contribution is -2.35. The molecule has 0 aliphatic heterocycles. The lowest BCUT2D eigenvalue weighted by Gasteiger charge is -2.18. The number of carbonyl (C=O) groups is 4. The van der Waals surface area contributed by atoms with Crippen molar-refractivity contribution in [2.75, 3.05) is 80.1 Å². The Balaban J connectivity index is -0.000000907. The van der Waals surface area contributed by atoms with E-state index in [-0.39, 0.29) is 74.9 Å². The molecule has 0 unspecified atom stereocenters. The van der Waals surface area contributed by atoms with Gasteiger partial charge in [-0.05, 0) is 12.8 Å². The van der Waals surface area contributed by atoms with Crippen LogP contribution in [-0.2, 0) is 38.0 Å². The Hall–Kier alpha value is -2.48. The highest BCUT2D eigenvalue weighted by atomic mass is 16.6. The van der Waals surface area contributed by atoms with E-state index in [1.54, 1.807) is 0 Å². The molecule has 0 bridgehead atoms. The van der Waals surface area contributed by atoms with E-state index in [0.29, 0.717) is 52.2 Å². The third-order valence-corrected chi connectivity index (χ3v) is 4.03. The maximum atomic E-state index is 11.9. The Labute approximate surface area is 229 Å². The van der Waals surface area contributed by atoms with Crippen molar-refractivity contribution in [2.24, 2.45) is 0 Å². The van der Waals surface area contributed by atoms with Crippen molar-refractivity contribution in [1.29, 1.82) is 0 Å². The van der Waals surface area contributed by atoms with Crippen LogP contribution in [0.2, 0.25) is 0 Å². The number of ether oxygens (including phenoxy) is 6. The van der Waals surface area contributed by atoms with Crippen molar-refractivity contribution in [1.82, 2.24) is 16.0 Å². The summed E-state index contributed by atoms with van der Waals surface area (Å²) in [5.74, 6) is -0.154. The molecule has 0 heterocycles. The van der Waals surface area contributed by atoms with Gasteiger partial charge in [-0.2, -0.15) is 0 Å². The number of carbonyl (C=O) groups excluding carboxylic acids is 4. The van der Waals surface area contributed by atoms with Gasteiger partial charge in [-0.3, -0.25) is 4.79 Å². The van der Waals surface area contributed by atoms with Crippen LogP contribution in [0.15, 0.2) is 0 Å². The van der Waals surface area contributed by atoms with Crippen LogP contribution >= 0.6 is 0 Å². The summed E-state index contributed by atoms with van der Waals surface area (Å²) in [6.07, 6.45) is 0.603. The SMILES string of the molecule is C.C.C.C.COCCNC(=O)OCC(COC(=O)NCCOC)OCCCC(=O)NCCOCCCC=O. The standard InChI is InChI=1S/C21H39N3O10.4CH4/c1-29-13-7-23-20(27)33-16-18(17-34-21(28)24-8-14-30-2)32-12-5-6-19(26)22-9-15-31-11-4-3-10-25;;;;/h10,18H,3-9,11-17H2,1-2H3,(H,22,26)(H,23,27)(H,24,28);4*1H4. The first-order chi connectivity index (χ1) is 16.5. The molecule has 3 N–H and O–H groups in total. The predicted molar refractivity (Wildman–Crippen MR) is 147 cm³/mol. The van der Waals surface area contributed by atoms with Crippen LogP contribution in [0.5, 0.6) is 0 Å². The summed E-state index contributed by atoms with van der Waals surface area (Å²) in [6.45, 7) is 2.40. The molecule has 13 heteroatoms. The van der Waals surface area contributed by atoms with Gasteiger partial charge in [-0.25, -0.2) is 9.59 Å². The fraction of sp³-hybridized carbons (Fsp3) is 0.840. The van der Waals surface area contributed by atoms with Gasteiger partial charge in [0.1, 0.15) is 25.6 Å².